The van der Waals surface area contributed by atoms with Crippen LogP contribution in [0, 0.1) is 13.8 Å². The molecule has 1 aliphatic carbocycles. The van der Waals surface area contributed by atoms with Gasteiger partial charge >= 0.3 is 0 Å². The van der Waals surface area contributed by atoms with E-state index in [0.29, 0.717) is 17.6 Å². The van der Waals surface area contributed by atoms with E-state index < -0.39 is 0 Å². The Kier molecular flexibility index (Phi) is 3.82. The van der Waals surface area contributed by atoms with Crippen LogP contribution >= 0.6 is 15.9 Å². The molecule has 1 aromatic carbocycles. The number of anilines is 1. The number of halogens is 1. The van der Waals surface area contributed by atoms with Crippen molar-refractivity contribution >= 4 is 21.7 Å². The number of hydrogen-bond donors (Lipinski definition) is 2. The molecule has 1 saturated carbocycles. The molecule has 0 unspecified atom stereocenters. The van der Waals surface area contributed by atoms with Crippen molar-refractivity contribution in [2.75, 3.05) is 5.43 Å². The van der Waals surface area contributed by atoms with Crippen molar-refractivity contribution in [1.82, 2.24) is 9.97 Å². The third kappa shape index (κ3) is 3.16. The third-order valence-electron chi connectivity index (χ3n) is 3.44. The fourth-order valence-electron chi connectivity index (χ4n) is 2.18. The first kappa shape index (κ1) is 14.3. The monoisotopic (exact) mass is 348 g/mol. The number of hydrogen-bond acceptors (Lipinski definition) is 5. The molecule has 3 N–H and O–H groups in total. The molecule has 0 atom stereocenters. The number of rotatable bonds is 4. The summed E-state index contributed by atoms with van der Waals surface area (Å²) < 4.78 is 6.99. The lowest BCUT2D eigenvalue weighted by molar-refractivity contribution is 0.458. The lowest BCUT2D eigenvalue weighted by Gasteiger charge is -2.11. The lowest BCUT2D eigenvalue weighted by Crippen LogP contribution is -2.10. The number of nitrogens with one attached hydrogen (secondary N) is 1. The number of nitrogens with zero attached hydrogens (tertiary/aromatic N) is 2. The van der Waals surface area contributed by atoms with E-state index in [2.05, 4.69) is 31.3 Å². The van der Waals surface area contributed by atoms with Crippen molar-refractivity contribution in [3.8, 4) is 11.6 Å². The molecule has 5 nitrogen and oxygen atoms in total. The molecule has 1 heterocycles. The lowest BCUT2D eigenvalue weighted by atomic mass is 10.1. The zero-order valence-corrected chi connectivity index (χ0v) is 13.6. The van der Waals surface area contributed by atoms with Crippen LogP contribution in [0.15, 0.2) is 22.7 Å². The molecule has 1 aromatic heterocycles. The first-order valence-corrected chi connectivity index (χ1v) is 7.66. The van der Waals surface area contributed by atoms with Crippen molar-refractivity contribution < 1.29 is 4.74 Å². The summed E-state index contributed by atoms with van der Waals surface area (Å²) in [5, 5.41) is 0. The number of ether oxygens (including phenoxy) is 1. The summed E-state index contributed by atoms with van der Waals surface area (Å²) in [6.07, 6.45) is 2.26. The summed E-state index contributed by atoms with van der Waals surface area (Å²) in [7, 11) is 0. The van der Waals surface area contributed by atoms with Crippen LogP contribution in [0.4, 0.5) is 5.82 Å². The summed E-state index contributed by atoms with van der Waals surface area (Å²) in [6.45, 7) is 4.07. The molecule has 0 bridgehead atoms. The zero-order valence-electron chi connectivity index (χ0n) is 12.0. The molecule has 0 radical (unpaired) electrons. The Hall–Kier alpha value is -1.66. The van der Waals surface area contributed by atoms with Crippen molar-refractivity contribution in [3.05, 3.63) is 39.6 Å². The summed E-state index contributed by atoms with van der Waals surface area (Å²) in [6, 6.07) is 5.66. The number of nitrogens with two attached hydrogens (primary N) is 1. The van der Waals surface area contributed by atoms with Gasteiger partial charge in [0.05, 0.1) is 0 Å². The van der Waals surface area contributed by atoms with Crippen molar-refractivity contribution in [2.45, 2.75) is 32.6 Å². The molecular weight excluding hydrogens is 332 g/mol. The van der Waals surface area contributed by atoms with Crippen LogP contribution in [0.1, 0.15) is 35.7 Å². The molecule has 110 valence electrons. The SMILES string of the molecule is Cc1cc(Oc2cc(NN)nc(C3CC3)n2)cc(C)c1Br. The van der Waals surface area contributed by atoms with Crippen molar-refractivity contribution in [3.63, 3.8) is 0 Å². The van der Waals surface area contributed by atoms with Crippen LogP contribution in [-0.2, 0) is 0 Å². The second-order valence-corrected chi connectivity index (χ2v) is 6.13. The van der Waals surface area contributed by atoms with Crippen LogP contribution in [0.5, 0.6) is 11.6 Å². The molecule has 3 rings (SSSR count). The molecular formula is C15H17BrN4O. The molecule has 1 aliphatic rings. The van der Waals surface area contributed by atoms with E-state index in [1.54, 1.807) is 6.07 Å². The van der Waals surface area contributed by atoms with Crippen LogP contribution in [-0.4, -0.2) is 9.97 Å². The number of aryl methyl sites for hydroxylation is 2. The van der Waals surface area contributed by atoms with Gasteiger partial charge in [-0.2, -0.15) is 4.98 Å². The third-order valence-corrected chi connectivity index (χ3v) is 4.69. The van der Waals surface area contributed by atoms with Gasteiger partial charge in [0.25, 0.3) is 0 Å². The molecule has 0 amide bonds. The summed E-state index contributed by atoms with van der Waals surface area (Å²) in [4.78, 5) is 8.85. The first-order valence-electron chi connectivity index (χ1n) is 6.87. The van der Waals surface area contributed by atoms with Crippen molar-refractivity contribution in [1.29, 1.82) is 0 Å². The Morgan fingerprint density at radius 1 is 1.19 bits per heavy atom. The average molecular weight is 349 g/mol. The maximum atomic E-state index is 5.89. The van der Waals surface area contributed by atoms with Crippen LogP contribution < -0.4 is 16.0 Å². The van der Waals surface area contributed by atoms with Gasteiger partial charge in [-0.25, -0.2) is 10.8 Å². The quantitative estimate of drug-likeness (QED) is 0.649. The van der Waals surface area contributed by atoms with Gasteiger partial charge in [0, 0.05) is 16.5 Å². The van der Waals surface area contributed by atoms with Gasteiger partial charge < -0.3 is 10.2 Å². The Balaban J connectivity index is 1.92. The topological polar surface area (TPSA) is 73.1 Å². The maximum absolute atomic E-state index is 5.89. The van der Waals surface area contributed by atoms with Gasteiger partial charge in [0.1, 0.15) is 17.4 Å². The van der Waals surface area contributed by atoms with Gasteiger partial charge in [-0.15, -0.1) is 0 Å². The van der Waals surface area contributed by atoms with Gasteiger partial charge in [0.2, 0.25) is 5.88 Å². The molecule has 0 spiro atoms. The van der Waals surface area contributed by atoms with Crippen LogP contribution in [0.25, 0.3) is 0 Å². The fourth-order valence-corrected chi connectivity index (χ4v) is 2.41. The summed E-state index contributed by atoms with van der Waals surface area (Å²) in [5.74, 6) is 8.56. The van der Waals surface area contributed by atoms with E-state index >= 15 is 0 Å². The Labute approximate surface area is 132 Å². The Morgan fingerprint density at radius 2 is 1.86 bits per heavy atom. The highest BCUT2D eigenvalue weighted by molar-refractivity contribution is 9.10. The predicted octanol–water partition coefficient (Wildman–Crippen LogP) is 3.81. The molecule has 0 saturated heterocycles. The van der Waals surface area contributed by atoms with Gasteiger partial charge in [0.15, 0.2) is 0 Å². The predicted molar refractivity (Wildman–Crippen MR) is 85.5 cm³/mol. The fraction of sp³-hybridized carbons (Fsp3) is 0.333. The van der Waals surface area contributed by atoms with Gasteiger partial charge in [-0.1, -0.05) is 15.9 Å². The van der Waals surface area contributed by atoms with Crippen molar-refractivity contribution in [2.24, 2.45) is 5.84 Å². The second-order valence-electron chi connectivity index (χ2n) is 5.34. The molecule has 2 aromatic rings. The average Bonchev–Trinajstić information content (AvgIpc) is 3.29. The highest BCUT2D eigenvalue weighted by Crippen LogP contribution is 2.39. The standard InChI is InChI=1S/C15H17BrN4O/c1-8-5-11(6-9(2)14(8)16)21-13-7-12(20-17)18-15(19-13)10-3-4-10/h5-7,10H,3-4,17H2,1-2H3,(H,18,19,20). The number of nitrogen functional groups attached to an aromatic ring is 1. The van der Waals surface area contributed by atoms with E-state index in [0.717, 1.165) is 40.0 Å². The normalized spacial score (nSPS) is 14.1. The smallest absolute Gasteiger partial charge is 0.224 e. The van der Waals surface area contributed by atoms with E-state index in [1.165, 1.54) is 0 Å². The number of aromatic nitrogens is 2. The maximum Gasteiger partial charge on any atom is 0.224 e. The Morgan fingerprint density at radius 3 is 2.43 bits per heavy atom. The highest BCUT2D eigenvalue weighted by atomic mass is 79.9. The van der Waals surface area contributed by atoms with Gasteiger partial charge in [-0.05, 0) is 49.9 Å². The molecule has 0 aliphatic heterocycles. The van der Waals surface area contributed by atoms with E-state index in [4.69, 9.17) is 10.6 Å². The minimum absolute atomic E-state index is 0.439. The summed E-state index contributed by atoms with van der Waals surface area (Å²) >= 11 is 3.55. The molecule has 21 heavy (non-hydrogen) atoms. The summed E-state index contributed by atoms with van der Waals surface area (Å²) in [5.41, 5.74) is 4.82. The van der Waals surface area contributed by atoms with Gasteiger partial charge in [-0.3, -0.25) is 0 Å². The minimum atomic E-state index is 0.439. The minimum Gasteiger partial charge on any atom is -0.439 e. The van der Waals surface area contributed by atoms with E-state index in [9.17, 15) is 0 Å². The highest BCUT2D eigenvalue weighted by Gasteiger charge is 2.27. The number of hydrazine groups is 1. The Bertz CT molecular complexity index is 662. The molecule has 1 fully saturated rings. The molecule has 6 heteroatoms. The van der Waals surface area contributed by atoms with E-state index in [-0.39, 0.29) is 0 Å². The zero-order chi connectivity index (χ0) is 15.0. The van der Waals surface area contributed by atoms with Crippen LogP contribution in [0.3, 0.4) is 0 Å². The van der Waals surface area contributed by atoms with Crippen LogP contribution in [0.2, 0.25) is 0 Å². The largest absolute Gasteiger partial charge is 0.439 e. The second kappa shape index (κ2) is 5.61. The number of benzene rings is 1. The van der Waals surface area contributed by atoms with E-state index in [1.807, 2.05) is 26.0 Å². The first-order chi connectivity index (χ1) is 10.1.